The average Bonchev–Trinajstić information content (AvgIpc) is 3.26. The van der Waals surface area contributed by atoms with Gasteiger partial charge in [-0.1, -0.05) is 24.3 Å². The van der Waals surface area contributed by atoms with Crippen molar-refractivity contribution in [3.05, 3.63) is 71.3 Å². The van der Waals surface area contributed by atoms with E-state index in [1.165, 1.54) is 24.6 Å². The Morgan fingerprint density at radius 1 is 1.04 bits per heavy atom. The van der Waals surface area contributed by atoms with Gasteiger partial charge in [0.2, 0.25) is 0 Å². The topological polar surface area (TPSA) is 58.6 Å². The molecule has 1 aliphatic heterocycles. The number of ether oxygens (including phenoxy) is 1. The molecule has 0 aliphatic carbocycles. The molecule has 28 heavy (non-hydrogen) atoms. The van der Waals surface area contributed by atoms with Crippen molar-refractivity contribution in [1.82, 2.24) is 5.32 Å². The number of carbonyl (C=O) groups is 2. The van der Waals surface area contributed by atoms with Crippen LogP contribution < -0.4 is 10.2 Å². The second-order valence-corrected chi connectivity index (χ2v) is 6.75. The Hall–Kier alpha value is -3.08. The molecular weight excluding hydrogens is 352 g/mol. The number of nitrogens with one attached hydrogen (secondary N) is 1. The SMILES string of the molecule is CCOC(=O)/C=C/c1ccc(CNC(=O)c2ccc(N3CCCC3)cc2)cc1. The number of amides is 1. The van der Waals surface area contributed by atoms with Gasteiger partial charge in [0.1, 0.15) is 0 Å². The molecule has 1 heterocycles. The van der Waals surface area contributed by atoms with Crippen molar-refractivity contribution in [2.24, 2.45) is 0 Å². The Morgan fingerprint density at radius 3 is 2.36 bits per heavy atom. The lowest BCUT2D eigenvalue weighted by atomic mass is 10.1. The lowest BCUT2D eigenvalue weighted by Gasteiger charge is -2.17. The van der Waals surface area contributed by atoms with Crippen LogP contribution in [0.15, 0.2) is 54.6 Å². The highest BCUT2D eigenvalue weighted by Gasteiger charge is 2.13. The van der Waals surface area contributed by atoms with Crippen LogP contribution in [0.3, 0.4) is 0 Å². The van der Waals surface area contributed by atoms with Gasteiger partial charge in [-0.25, -0.2) is 4.79 Å². The predicted octanol–water partition coefficient (Wildman–Crippen LogP) is 3.79. The van der Waals surface area contributed by atoms with Crippen LogP contribution in [0.1, 0.15) is 41.3 Å². The first-order valence-electron chi connectivity index (χ1n) is 9.72. The first kappa shape index (κ1) is 19.7. The summed E-state index contributed by atoms with van der Waals surface area (Å²) in [6.45, 7) is 4.78. The monoisotopic (exact) mass is 378 g/mol. The Bertz CT molecular complexity index is 820. The fourth-order valence-corrected chi connectivity index (χ4v) is 3.18. The quantitative estimate of drug-likeness (QED) is 0.588. The van der Waals surface area contributed by atoms with Crippen molar-refractivity contribution in [2.45, 2.75) is 26.3 Å². The molecule has 1 saturated heterocycles. The summed E-state index contributed by atoms with van der Waals surface area (Å²) < 4.78 is 4.85. The minimum absolute atomic E-state index is 0.0840. The standard InChI is InChI=1S/C23H26N2O3/c1-2-28-22(26)14-9-18-5-7-19(8-6-18)17-24-23(27)20-10-12-21(13-11-20)25-15-3-4-16-25/h5-14H,2-4,15-17H2,1H3,(H,24,27)/b14-9+. The summed E-state index contributed by atoms with van der Waals surface area (Å²) in [5, 5.41) is 2.95. The summed E-state index contributed by atoms with van der Waals surface area (Å²) in [5.41, 5.74) is 3.74. The molecule has 2 aromatic rings. The van der Waals surface area contributed by atoms with Gasteiger partial charge in [-0.15, -0.1) is 0 Å². The number of benzene rings is 2. The predicted molar refractivity (Wildman–Crippen MR) is 111 cm³/mol. The maximum atomic E-state index is 12.4. The molecule has 0 radical (unpaired) electrons. The molecule has 1 N–H and O–H groups in total. The zero-order chi connectivity index (χ0) is 19.8. The molecule has 1 amide bonds. The molecule has 1 aliphatic rings. The van der Waals surface area contributed by atoms with Gasteiger partial charge < -0.3 is 15.0 Å². The van der Waals surface area contributed by atoms with Gasteiger partial charge >= 0.3 is 5.97 Å². The molecule has 0 spiro atoms. The third-order valence-electron chi connectivity index (χ3n) is 4.73. The van der Waals surface area contributed by atoms with Crippen LogP contribution >= 0.6 is 0 Å². The minimum atomic E-state index is -0.352. The summed E-state index contributed by atoms with van der Waals surface area (Å²) >= 11 is 0. The zero-order valence-electron chi connectivity index (χ0n) is 16.2. The van der Waals surface area contributed by atoms with Gasteiger partial charge in [0.25, 0.3) is 5.91 Å². The van der Waals surface area contributed by atoms with Crippen molar-refractivity contribution in [1.29, 1.82) is 0 Å². The first-order valence-corrected chi connectivity index (χ1v) is 9.72. The van der Waals surface area contributed by atoms with E-state index in [0.717, 1.165) is 24.2 Å². The van der Waals surface area contributed by atoms with E-state index in [4.69, 9.17) is 4.74 Å². The van der Waals surface area contributed by atoms with E-state index in [-0.39, 0.29) is 11.9 Å². The van der Waals surface area contributed by atoms with E-state index in [2.05, 4.69) is 10.2 Å². The molecule has 5 heteroatoms. The minimum Gasteiger partial charge on any atom is -0.463 e. The summed E-state index contributed by atoms with van der Waals surface area (Å²) in [6.07, 6.45) is 5.59. The maximum absolute atomic E-state index is 12.4. The summed E-state index contributed by atoms with van der Waals surface area (Å²) in [7, 11) is 0. The van der Waals surface area contributed by atoms with Gasteiger partial charge in [0.05, 0.1) is 6.61 Å². The van der Waals surface area contributed by atoms with Crippen molar-refractivity contribution in [3.63, 3.8) is 0 Å². The summed E-state index contributed by atoms with van der Waals surface area (Å²) in [6, 6.07) is 15.5. The maximum Gasteiger partial charge on any atom is 0.330 e. The zero-order valence-corrected chi connectivity index (χ0v) is 16.2. The van der Waals surface area contributed by atoms with Gasteiger partial charge in [-0.3, -0.25) is 4.79 Å². The Morgan fingerprint density at radius 2 is 1.71 bits per heavy atom. The normalized spacial score (nSPS) is 13.7. The molecule has 5 nitrogen and oxygen atoms in total. The number of hydrogen-bond acceptors (Lipinski definition) is 4. The molecule has 3 rings (SSSR count). The van der Waals surface area contributed by atoms with E-state index in [0.29, 0.717) is 18.7 Å². The molecule has 0 unspecified atom stereocenters. The van der Waals surface area contributed by atoms with Crippen LogP contribution in [0.5, 0.6) is 0 Å². The van der Waals surface area contributed by atoms with Gasteiger partial charge in [-0.05, 0) is 61.2 Å². The number of nitrogens with zero attached hydrogens (tertiary/aromatic N) is 1. The molecule has 0 aromatic heterocycles. The molecule has 0 bridgehead atoms. The van der Waals surface area contributed by atoms with Crippen LogP contribution in [0, 0.1) is 0 Å². The molecular formula is C23H26N2O3. The second-order valence-electron chi connectivity index (χ2n) is 6.75. The highest BCUT2D eigenvalue weighted by Crippen LogP contribution is 2.20. The van der Waals surface area contributed by atoms with Crippen molar-refractivity contribution in [2.75, 3.05) is 24.6 Å². The van der Waals surface area contributed by atoms with Crippen molar-refractivity contribution < 1.29 is 14.3 Å². The smallest absolute Gasteiger partial charge is 0.330 e. The highest BCUT2D eigenvalue weighted by molar-refractivity contribution is 5.94. The fraction of sp³-hybridized carbons (Fsp3) is 0.304. The molecule has 0 saturated carbocycles. The number of hydrogen-bond donors (Lipinski definition) is 1. The van der Waals surface area contributed by atoms with Crippen LogP contribution in [0.25, 0.3) is 6.08 Å². The van der Waals surface area contributed by atoms with Crippen LogP contribution in [-0.4, -0.2) is 31.6 Å². The number of rotatable bonds is 7. The summed E-state index contributed by atoms with van der Waals surface area (Å²) in [5.74, 6) is -0.436. The Labute approximate surface area is 166 Å². The first-order chi connectivity index (χ1) is 13.7. The average molecular weight is 378 g/mol. The van der Waals surface area contributed by atoms with Crippen molar-refractivity contribution >= 4 is 23.6 Å². The number of esters is 1. The van der Waals surface area contributed by atoms with Gasteiger partial charge in [-0.2, -0.15) is 0 Å². The fourth-order valence-electron chi connectivity index (χ4n) is 3.18. The third kappa shape index (κ3) is 5.46. The van der Waals surface area contributed by atoms with Gasteiger partial charge in [0.15, 0.2) is 0 Å². The van der Waals surface area contributed by atoms with Crippen LogP contribution in [0.4, 0.5) is 5.69 Å². The van der Waals surface area contributed by atoms with Crippen LogP contribution in [0.2, 0.25) is 0 Å². The van der Waals surface area contributed by atoms with E-state index < -0.39 is 0 Å². The van der Waals surface area contributed by atoms with E-state index >= 15 is 0 Å². The Kier molecular flexibility index (Phi) is 6.84. The van der Waals surface area contributed by atoms with Gasteiger partial charge in [0, 0.05) is 37.0 Å². The molecule has 0 atom stereocenters. The molecule has 2 aromatic carbocycles. The number of carbonyl (C=O) groups excluding carboxylic acids is 2. The third-order valence-corrected chi connectivity index (χ3v) is 4.73. The number of anilines is 1. The van der Waals surface area contributed by atoms with E-state index in [9.17, 15) is 9.59 Å². The molecule has 1 fully saturated rings. The lowest BCUT2D eigenvalue weighted by Crippen LogP contribution is -2.23. The second kappa shape index (κ2) is 9.74. The Balaban J connectivity index is 1.50. The summed E-state index contributed by atoms with van der Waals surface area (Å²) in [4.78, 5) is 26.0. The lowest BCUT2D eigenvalue weighted by molar-refractivity contribution is -0.137. The highest BCUT2D eigenvalue weighted by atomic mass is 16.5. The molecule has 146 valence electrons. The van der Waals surface area contributed by atoms with Crippen molar-refractivity contribution in [3.8, 4) is 0 Å². The van der Waals surface area contributed by atoms with E-state index in [1.54, 1.807) is 13.0 Å². The largest absolute Gasteiger partial charge is 0.463 e. The van der Waals surface area contributed by atoms with E-state index in [1.807, 2.05) is 48.5 Å². The van der Waals surface area contributed by atoms with Crippen LogP contribution in [-0.2, 0) is 16.1 Å².